The molecule has 0 aliphatic rings. The Morgan fingerprint density at radius 1 is 1.03 bits per heavy atom. The van der Waals surface area contributed by atoms with Gasteiger partial charge < -0.3 is 14.2 Å². The number of carbonyl (C=O) groups is 1. The number of aromatic nitrogens is 1. The first-order valence-corrected chi connectivity index (χ1v) is 11.1. The fourth-order valence-electron chi connectivity index (χ4n) is 3.18. The van der Waals surface area contributed by atoms with Gasteiger partial charge in [0.1, 0.15) is 5.82 Å². The molecule has 0 spiro atoms. The molecule has 1 heterocycles. The van der Waals surface area contributed by atoms with Gasteiger partial charge in [-0.3, -0.25) is 4.79 Å². The fourth-order valence-corrected chi connectivity index (χ4v) is 4.25. The molecule has 0 atom stereocenters. The van der Waals surface area contributed by atoms with Gasteiger partial charge in [-0.05, 0) is 54.6 Å². The number of amides is 1. The van der Waals surface area contributed by atoms with E-state index in [1.165, 1.54) is 39.7 Å². The first-order chi connectivity index (χ1) is 16.4. The van der Waals surface area contributed by atoms with E-state index in [9.17, 15) is 9.18 Å². The fraction of sp³-hybridized carbons (Fsp3) is 0.125. The van der Waals surface area contributed by atoms with Gasteiger partial charge in [0.25, 0.3) is 5.91 Å². The number of methoxy groups -OCH3 is 3. The molecule has 7 nitrogen and oxygen atoms in total. The number of hydrazone groups is 1. The van der Waals surface area contributed by atoms with E-state index >= 15 is 0 Å². The summed E-state index contributed by atoms with van der Waals surface area (Å²) in [5.41, 5.74) is 1.51. The largest absolute Gasteiger partial charge is 0.493 e. The van der Waals surface area contributed by atoms with Crippen molar-refractivity contribution in [2.75, 3.05) is 26.3 Å². The Morgan fingerprint density at radius 2 is 1.71 bits per heavy atom. The summed E-state index contributed by atoms with van der Waals surface area (Å²) in [4.78, 5) is 17.8. The molecule has 4 rings (SSSR count). The van der Waals surface area contributed by atoms with E-state index in [1.54, 1.807) is 42.5 Å². The molecule has 0 radical (unpaired) electrons. The van der Waals surface area contributed by atoms with Crippen molar-refractivity contribution in [3.05, 3.63) is 76.6 Å². The van der Waals surface area contributed by atoms with Crippen molar-refractivity contribution in [1.82, 2.24) is 4.98 Å². The summed E-state index contributed by atoms with van der Waals surface area (Å²) in [6, 6.07) is 14.1. The second-order valence-electron chi connectivity index (χ2n) is 6.94. The molecule has 0 N–H and O–H groups in total. The smallest absolute Gasteiger partial charge is 0.280 e. The van der Waals surface area contributed by atoms with Crippen molar-refractivity contribution in [1.29, 1.82) is 0 Å². The van der Waals surface area contributed by atoms with Gasteiger partial charge >= 0.3 is 0 Å². The number of halogens is 2. The van der Waals surface area contributed by atoms with Crippen molar-refractivity contribution in [3.8, 4) is 17.2 Å². The van der Waals surface area contributed by atoms with Gasteiger partial charge in [0.05, 0.1) is 37.8 Å². The van der Waals surface area contributed by atoms with Crippen LogP contribution in [0.2, 0.25) is 5.02 Å². The maximum atomic E-state index is 13.7. The summed E-state index contributed by atoms with van der Waals surface area (Å²) in [6.07, 6.45) is 1.48. The van der Waals surface area contributed by atoms with Crippen LogP contribution in [0.1, 0.15) is 15.9 Å². The lowest BCUT2D eigenvalue weighted by molar-refractivity contribution is 0.0988. The topological polar surface area (TPSA) is 73.2 Å². The molecule has 0 aliphatic heterocycles. The SMILES string of the molecule is COc1cc(/C=N/N(C(=O)c2ccc(Cl)cc2)c2nc3ccc(F)cc3s2)cc(OC)c1OC. The molecule has 34 heavy (non-hydrogen) atoms. The summed E-state index contributed by atoms with van der Waals surface area (Å²) in [5, 5.41) is 6.36. The van der Waals surface area contributed by atoms with E-state index < -0.39 is 5.91 Å². The number of thiazole rings is 1. The number of ether oxygens (including phenoxy) is 3. The molecule has 1 aromatic heterocycles. The Bertz CT molecular complexity index is 1350. The molecule has 1 amide bonds. The Morgan fingerprint density at radius 3 is 2.32 bits per heavy atom. The van der Waals surface area contributed by atoms with Crippen LogP contribution in [0.4, 0.5) is 9.52 Å². The number of hydrogen-bond acceptors (Lipinski definition) is 7. The lowest BCUT2D eigenvalue weighted by Crippen LogP contribution is -2.25. The second-order valence-corrected chi connectivity index (χ2v) is 8.38. The predicted molar refractivity (Wildman–Crippen MR) is 132 cm³/mol. The van der Waals surface area contributed by atoms with Crippen LogP contribution in [0.5, 0.6) is 17.2 Å². The zero-order chi connectivity index (χ0) is 24.2. The molecular formula is C24H19ClFN3O4S. The van der Waals surface area contributed by atoms with E-state index in [-0.39, 0.29) is 10.9 Å². The summed E-state index contributed by atoms with van der Waals surface area (Å²) >= 11 is 7.12. The number of fused-ring (bicyclic) bond motifs is 1. The third kappa shape index (κ3) is 4.80. The molecule has 0 bridgehead atoms. The second kappa shape index (κ2) is 10.1. The highest BCUT2D eigenvalue weighted by molar-refractivity contribution is 7.22. The Kier molecular flexibility index (Phi) is 6.95. The van der Waals surface area contributed by atoms with Gasteiger partial charge in [0.2, 0.25) is 10.9 Å². The Balaban J connectivity index is 1.78. The molecule has 0 saturated carbocycles. The maximum Gasteiger partial charge on any atom is 0.280 e. The highest BCUT2D eigenvalue weighted by Crippen LogP contribution is 2.38. The molecule has 10 heteroatoms. The zero-order valence-corrected chi connectivity index (χ0v) is 20.0. The van der Waals surface area contributed by atoms with E-state index in [0.717, 1.165) is 16.3 Å². The van der Waals surface area contributed by atoms with Gasteiger partial charge in [-0.2, -0.15) is 10.1 Å². The number of hydrogen-bond donors (Lipinski definition) is 0. The van der Waals surface area contributed by atoms with Gasteiger partial charge in [-0.1, -0.05) is 22.9 Å². The lowest BCUT2D eigenvalue weighted by atomic mass is 10.2. The zero-order valence-electron chi connectivity index (χ0n) is 18.4. The van der Waals surface area contributed by atoms with Crippen LogP contribution in [0.25, 0.3) is 10.2 Å². The van der Waals surface area contributed by atoms with Crippen LogP contribution in [0, 0.1) is 5.82 Å². The van der Waals surface area contributed by atoms with Crippen LogP contribution < -0.4 is 19.2 Å². The molecular weight excluding hydrogens is 481 g/mol. The first-order valence-electron chi connectivity index (χ1n) is 9.93. The number of anilines is 1. The van der Waals surface area contributed by atoms with Crippen molar-refractivity contribution in [3.63, 3.8) is 0 Å². The Hall–Kier alpha value is -3.69. The van der Waals surface area contributed by atoms with Crippen LogP contribution in [-0.2, 0) is 0 Å². The number of nitrogens with zero attached hydrogens (tertiary/aromatic N) is 3. The van der Waals surface area contributed by atoms with Crippen molar-refractivity contribution in [2.45, 2.75) is 0 Å². The van der Waals surface area contributed by atoms with Crippen molar-refractivity contribution >= 4 is 50.4 Å². The molecule has 174 valence electrons. The minimum absolute atomic E-state index is 0.282. The average molecular weight is 500 g/mol. The highest BCUT2D eigenvalue weighted by Gasteiger charge is 2.21. The lowest BCUT2D eigenvalue weighted by Gasteiger charge is -2.15. The summed E-state index contributed by atoms with van der Waals surface area (Å²) < 4.78 is 30.4. The Labute approximate surface area is 204 Å². The quantitative estimate of drug-likeness (QED) is 0.237. The maximum absolute atomic E-state index is 13.7. The van der Waals surface area contributed by atoms with Crippen molar-refractivity contribution in [2.24, 2.45) is 5.10 Å². The van der Waals surface area contributed by atoms with Gasteiger partial charge in [-0.25, -0.2) is 9.37 Å². The minimum atomic E-state index is -0.431. The van der Waals surface area contributed by atoms with Crippen LogP contribution >= 0.6 is 22.9 Å². The average Bonchev–Trinajstić information content (AvgIpc) is 3.26. The summed E-state index contributed by atoms with van der Waals surface area (Å²) in [5.74, 6) is 0.493. The highest BCUT2D eigenvalue weighted by atomic mass is 35.5. The third-order valence-corrected chi connectivity index (χ3v) is 6.06. The van der Waals surface area contributed by atoms with Crippen LogP contribution in [-0.4, -0.2) is 38.4 Å². The summed E-state index contributed by atoms with van der Waals surface area (Å²) in [7, 11) is 4.53. The molecule has 0 unspecified atom stereocenters. The number of rotatable bonds is 7. The van der Waals surface area contributed by atoms with E-state index in [4.69, 9.17) is 25.8 Å². The summed E-state index contributed by atoms with van der Waals surface area (Å²) in [6.45, 7) is 0. The van der Waals surface area contributed by atoms with E-state index in [2.05, 4.69) is 10.1 Å². The van der Waals surface area contributed by atoms with Crippen LogP contribution in [0.3, 0.4) is 0 Å². The molecule has 0 fully saturated rings. The molecule has 4 aromatic rings. The molecule has 3 aromatic carbocycles. The number of benzene rings is 3. The van der Waals surface area contributed by atoms with E-state index in [1.807, 2.05) is 0 Å². The normalized spacial score (nSPS) is 11.1. The minimum Gasteiger partial charge on any atom is -0.493 e. The number of carbonyl (C=O) groups excluding carboxylic acids is 1. The monoisotopic (exact) mass is 499 g/mol. The van der Waals surface area contributed by atoms with Gasteiger partial charge in [0.15, 0.2) is 11.5 Å². The standard InChI is InChI=1S/C24H19ClFN3O4S/c1-31-19-10-14(11-20(32-2)22(19)33-3)13-27-29(23(30)15-4-6-16(25)7-5-15)24-28-18-9-8-17(26)12-21(18)34-24/h4-13H,1-3H3/b27-13+. The van der Waals surface area contributed by atoms with Gasteiger partial charge in [0, 0.05) is 16.1 Å². The van der Waals surface area contributed by atoms with E-state index in [0.29, 0.717) is 43.6 Å². The van der Waals surface area contributed by atoms with Gasteiger partial charge in [-0.15, -0.1) is 0 Å². The third-order valence-electron chi connectivity index (χ3n) is 4.81. The molecule has 0 saturated heterocycles. The van der Waals surface area contributed by atoms with Crippen LogP contribution in [0.15, 0.2) is 59.7 Å². The first kappa shape index (κ1) is 23.5. The molecule has 0 aliphatic carbocycles. The predicted octanol–water partition coefficient (Wildman–Crippen LogP) is 5.80. The van der Waals surface area contributed by atoms with Crippen molar-refractivity contribution < 1.29 is 23.4 Å².